The van der Waals surface area contributed by atoms with Crippen LogP contribution in [0.1, 0.15) is 5.56 Å². The van der Waals surface area contributed by atoms with Crippen molar-refractivity contribution in [3.8, 4) is 5.75 Å². The Balaban J connectivity index is 1.84. The van der Waals surface area contributed by atoms with E-state index < -0.39 is 0 Å². The summed E-state index contributed by atoms with van der Waals surface area (Å²) in [5.74, 6) is 0.697. The predicted octanol–water partition coefficient (Wildman–Crippen LogP) is 4.90. The summed E-state index contributed by atoms with van der Waals surface area (Å²) < 4.78 is 6.61. The molecule has 0 fully saturated rings. The number of hydrogen-bond donors (Lipinski definition) is 1. The average Bonchev–Trinajstić information content (AvgIpc) is 2.40. The van der Waals surface area contributed by atoms with Crippen molar-refractivity contribution < 1.29 is 4.74 Å². The minimum Gasteiger partial charge on any atom is -0.490 e. The number of ether oxygens (including phenoxy) is 1. The molecule has 0 unspecified atom stereocenters. The van der Waals surface area contributed by atoms with Gasteiger partial charge in [0.1, 0.15) is 12.4 Å². The number of nitrogens with one attached hydrogen (secondary N) is 1. The van der Waals surface area contributed by atoms with Gasteiger partial charge in [0.15, 0.2) is 0 Å². The molecular formula is C15H15BrClNO. The van der Waals surface area contributed by atoms with Gasteiger partial charge in [0.05, 0.1) is 5.02 Å². The molecule has 0 aliphatic heterocycles. The van der Waals surface area contributed by atoms with Crippen LogP contribution in [0.15, 0.2) is 46.9 Å². The van der Waals surface area contributed by atoms with Crippen molar-refractivity contribution in [1.29, 1.82) is 0 Å². The second-order valence-corrected chi connectivity index (χ2v) is 5.49. The Morgan fingerprint density at radius 2 is 2.00 bits per heavy atom. The van der Waals surface area contributed by atoms with Gasteiger partial charge < -0.3 is 10.1 Å². The number of halogens is 2. The van der Waals surface area contributed by atoms with Crippen LogP contribution >= 0.6 is 27.5 Å². The van der Waals surface area contributed by atoms with E-state index in [0.717, 1.165) is 16.7 Å². The Hall–Kier alpha value is -1.19. The molecule has 2 nitrogen and oxygen atoms in total. The summed E-state index contributed by atoms with van der Waals surface area (Å²) in [7, 11) is 0. The van der Waals surface area contributed by atoms with E-state index in [1.54, 1.807) is 0 Å². The van der Waals surface area contributed by atoms with Crippen LogP contribution in [0.5, 0.6) is 5.75 Å². The Bertz CT molecular complexity index is 560. The summed E-state index contributed by atoms with van der Waals surface area (Å²) in [4.78, 5) is 0. The number of para-hydroxylation sites is 1. The molecule has 4 heteroatoms. The monoisotopic (exact) mass is 339 g/mol. The fourth-order valence-corrected chi connectivity index (χ4v) is 2.22. The van der Waals surface area contributed by atoms with Crippen molar-refractivity contribution in [1.82, 2.24) is 0 Å². The molecule has 19 heavy (non-hydrogen) atoms. The number of aryl methyl sites for hydroxylation is 1. The van der Waals surface area contributed by atoms with E-state index in [2.05, 4.69) is 40.3 Å². The highest BCUT2D eigenvalue weighted by atomic mass is 79.9. The van der Waals surface area contributed by atoms with E-state index in [1.807, 2.05) is 30.3 Å². The molecule has 0 saturated heterocycles. The van der Waals surface area contributed by atoms with Crippen LogP contribution in [0.25, 0.3) is 0 Å². The molecule has 0 saturated carbocycles. The molecule has 2 aromatic rings. The van der Waals surface area contributed by atoms with E-state index in [0.29, 0.717) is 17.4 Å². The van der Waals surface area contributed by atoms with E-state index >= 15 is 0 Å². The van der Waals surface area contributed by atoms with Crippen LogP contribution in [0.4, 0.5) is 5.69 Å². The summed E-state index contributed by atoms with van der Waals surface area (Å²) in [6.07, 6.45) is 0. The third-order valence-electron chi connectivity index (χ3n) is 2.71. The van der Waals surface area contributed by atoms with Crippen LogP contribution in [0, 0.1) is 6.92 Å². The van der Waals surface area contributed by atoms with Gasteiger partial charge in [-0.05, 0) is 36.8 Å². The molecule has 0 aromatic heterocycles. The van der Waals surface area contributed by atoms with Gasteiger partial charge in [-0.1, -0.05) is 45.7 Å². The summed E-state index contributed by atoms with van der Waals surface area (Å²) in [6.45, 7) is 3.37. The van der Waals surface area contributed by atoms with Gasteiger partial charge in [-0.25, -0.2) is 0 Å². The topological polar surface area (TPSA) is 21.3 Å². The van der Waals surface area contributed by atoms with E-state index in [1.165, 1.54) is 5.56 Å². The standard InChI is InChI=1S/C15H15BrClNO/c1-11-4-2-3-5-14(11)18-8-9-19-15-10-12(16)6-7-13(15)17/h2-7,10,18H,8-9H2,1H3. The lowest BCUT2D eigenvalue weighted by Crippen LogP contribution is -2.12. The molecule has 0 aliphatic carbocycles. The smallest absolute Gasteiger partial charge is 0.139 e. The minimum atomic E-state index is 0.560. The first kappa shape index (κ1) is 14.2. The summed E-state index contributed by atoms with van der Waals surface area (Å²) in [6, 6.07) is 13.8. The SMILES string of the molecule is Cc1ccccc1NCCOc1cc(Br)ccc1Cl. The van der Waals surface area contributed by atoms with E-state index in [9.17, 15) is 0 Å². The van der Waals surface area contributed by atoms with Gasteiger partial charge in [-0.2, -0.15) is 0 Å². The fraction of sp³-hybridized carbons (Fsp3) is 0.200. The highest BCUT2D eigenvalue weighted by Gasteiger charge is 2.02. The maximum absolute atomic E-state index is 6.05. The van der Waals surface area contributed by atoms with Crippen LogP contribution in [0.2, 0.25) is 5.02 Å². The van der Waals surface area contributed by atoms with Crippen molar-refractivity contribution in [2.75, 3.05) is 18.5 Å². The van der Waals surface area contributed by atoms with Crippen molar-refractivity contribution in [2.24, 2.45) is 0 Å². The molecule has 0 atom stereocenters. The van der Waals surface area contributed by atoms with Crippen molar-refractivity contribution >= 4 is 33.2 Å². The molecule has 0 bridgehead atoms. The third-order valence-corrected chi connectivity index (χ3v) is 3.52. The maximum atomic E-state index is 6.05. The minimum absolute atomic E-state index is 0.560. The first-order chi connectivity index (χ1) is 9.16. The quantitative estimate of drug-likeness (QED) is 0.782. The molecule has 0 amide bonds. The van der Waals surface area contributed by atoms with Gasteiger partial charge in [0.25, 0.3) is 0 Å². The number of anilines is 1. The first-order valence-corrected chi connectivity index (χ1v) is 7.21. The van der Waals surface area contributed by atoms with E-state index in [-0.39, 0.29) is 0 Å². The average molecular weight is 341 g/mol. The molecule has 2 aromatic carbocycles. The molecule has 0 heterocycles. The zero-order valence-corrected chi connectivity index (χ0v) is 13.0. The Labute approximate surface area is 126 Å². The Morgan fingerprint density at radius 1 is 1.21 bits per heavy atom. The molecular weight excluding hydrogens is 326 g/mol. The molecule has 0 aliphatic rings. The van der Waals surface area contributed by atoms with Crippen LogP contribution in [-0.4, -0.2) is 13.2 Å². The van der Waals surface area contributed by atoms with Crippen molar-refractivity contribution in [3.63, 3.8) is 0 Å². The first-order valence-electron chi connectivity index (χ1n) is 6.04. The molecule has 0 radical (unpaired) electrons. The summed E-state index contributed by atoms with van der Waals surface area (Å²) >= 11 is 9.45. The lowest BCUT2D eigenvalue weighted by atomic mass is 10.2. The maximum Gasteiger partial charge on any atom is 0.139 e. The van der Waals surface area contributed by atoms with Crippen molar-refractivity contribution in [3.05, 3.63) is 57.5 Å². The van der Waals surface area contributed by atoms with Gasteiger partial charge in [-0.3, -0.25) is 0 Å². The summed E-state index contributed by atoms with van der Waals surface area (Å²) in [5.41, 5.74) is 2.36. The molecule has 0 spiro atoms. The third kappa shape index (κ3) is 4.15. The van der Waals surface area contributed by atoms with Gasteiger partial charge in [0, 0.05) is 16.7 Å². The largest absolute Gasteiger partial charge is 0.490 e. The van der Waals surface area contributed by atoms with Gasteiger partial charge in [0.2, 0.25) is 0 Å². The molecule has 1 N–H and O–H groups in total. The summed E-state index contributed by atoms with van der Waals surface area (Å²) in [5, 5.41) is 3.96. The zero-order chi connectivity index (χ0) is 13.7. The second kappa shape index (κ2) is 6.83. The van der Waals surface area contributed by atoms with Crippen LogP contribution in [0.3, 0.4) is 0 Å². The Morgan fingerprint density at radius 3 is 2.79 bits per heavy atom. The van der Waals surface area contributed by atoms with E-state index in [4.69, 9.17) is 16.3 Å². The lowest BCUT2D eigenvalue weighted by Gasteiger charge is -2.11. The number of hydrogen-bond acceptors (Lipinski definition) is 2. The number of benzene rings is 2. The Kier molecular flexibility index (Phi) is 5.11. The highest BCUT2D eigenvalue weighted by Crippen LogP contribution is 2.27. The highest BCUT2D eigenvalue weighted by molar-refractivity contribution is 9.10. The van der Waals surface area contributed by atoms with Crippen molar-refractivity contribution in [2.45, 2.75) is 6.92 Å². The van der Waals surface area contributed by atoms with Gasteiger partial charge >= 0.3 is 0 Å². The van der Waals surface area contributed by atoms with Crippen LogP contribution in [-0.2, 0) is 0 Å². The fourth-order valence-electron chi connectivity index (χ4n) is 1.71. The van der Waals surface area contributed by atoms with Gasteiger partial charge in [-0.15, -0.1) is 0 Å². The predicted molar refractivity (Wildman–Crippen MR) is 84.3 cm³/mol. The molecule has 100 valence electrons. The lowest BCUT2D eigenvalue weighted by molar-refractivity contribution is 0.333. The second-order valence-electron chi connectivity index (χ2n) is 4.16. The zero-order valence-electron chi connectivity index (χ0n) is 10.6. The van der Waals surface area contributed by atoms with Crippen LogP contribution < -0.4 is 10.1 Å². The molecule has 2 rings (SSSR count). The number of rotatable bonds is 5. The normalized spacial score (nSPS) is 10.3.